The van der Waals surface area contributed by atoms with Crippen LogP contribution in [0.1, 0.15) is 27.2 Å². The predicted molar refractivity (Wildman–Crippen MR) is 89.0 cm³/mol. The predicted octanol–water partition coefficient (Wildman–Crippen LogP) is 1.65. The molecule has 0 aromatic heterocycles. The van der Waals surface area contributed by atoms with Crippen LogP contribution in [-0.4, -0.2) is 30.2 Å². The molecule has 23 heavy (non-hydrogen) atoms. The van der Waals surface area contributed by atoms with Crippen LogP contribution < -0.4 is 22.1 Å². The smallest absolute Gasteiger partial charge is 0.316 e. The van der Waals surface area contributed by atoms with E-state index in [1.54, 1.807) is 24.3 Å². The fourth-order valence-electron chi connectivity index (χ4n) is 2.84. The second-order valence-electron chi connectivity index (χ2n) is 6.36. The molecule has 1 saturated carbocycles. The Balaban J connectivity index is 2.03. The monoisotopic (exact) mass is 320 g/mol. The SMILES string of the molecule is CCOC1CC(N)(C(=O)Nc2ccc(NC(N)=O)cc2)C1(C)C. The Hall–Kier alpha value is -2.12. The molecule has 3 amide bonds. The van der Waals surface area contributed by atoms with Crippen molar-refractivity contribution < 1.29 is 14.3 Å². The first kappa shape index (κ1) is 17.2. The Morgan fingerprint density at radius 2 is 1.74 bits per heavy atom. The Labute approximate surface area is 135 Å². The molecular weight excluding hydrogens is 296 g/mol. The van der Waals surface area contributed by atoms with E-state index < -0.39 is 17.0 Å². The maximum Gasteiger partial charge on any atom is 0.316 e. The van der Waals surface area contributed by atoms with Crippen LogP contribution in [-0.2, 0) is 9.53 Å². The molecule has 126 valence electrons. The summed E-state index contributed by atoms with van der Waals surface area (Å²) in [6, 6.07) is 6.02. The molecule has 0 saturated heterocycles. The number of primary amides is 1. The van der Waals surface area contributed by atoms with E-state index in [0.29, 0.717) is 24.4 Å². The Bertz CT molecular complexity index is 600. The van der Waals surface area contributed by atoms with Crippen LogP contribution in [0.25, 0.3) is 0 Å². The molecule has 0 aliphatic heterocycles. The maximum atomic E-state index is 12.6. The van der Waals surface area contributed by atoms with Gasteiger partial charge in [-0.2, -0.15) is 0 Å². The van der Waals surface area contributed by atoms with Gasteiger partial charge in [-0.05, 0) is 31.2 Å². The first-order valence-electron chi connectivity index (χ1n) is 7.59. The molecule has 1 fully saturated rings. The Morgan fingerprint density at radius 1 is 1.22 bits per heavy atom. The minimum atomic E-state index is -0.975. The molecule has 1 aliphatic rings. The van der Waals surface area contributed by atoms with Crippen molar-refractivity contribution in [3.05, 3.63) is 24.3 Å². The van der Waals surface area contributed by atoms with Crippen molar-refractivity contribution in [1.82, 2.24) is 0 Å². The van der Waals surface area contributed by atoms with Gasteiger partial charge in [0.15, 0.2) is 0 Å². The molecular formula is C16H24N4O3. The summed E-state index contributed by atoms with van der Waals surface area (Å²) in [7, 11) is 0. The highest BCUT2D eigenvalue weighted by molar-refractivity contribution is 6.00. The van der Waals surface area contributed by atoms with Crippen LogP contribution >= 0.6 is 0 Å². The van der Waals surface area contributed by atoms with Gasteiger partial charge in [0.1, 0.15) is 5.54 Å². The van der Waals surface area contributed by atoms with E-state index in [1.807, 2.05) is 20.8 Å². The van der Waals surface area contributed by atoms with Gasteiger partial charge in [-0.1, -0.05) is 13.8 Å². The quantitative estimate of drug-likeness (QED) is 0.659. The molecule has 7 nitrogen and oxygen atoms in total. The van der Waals surface area contributed by atoms with E-state index in [-0.39, 0.29) is 12.0 Å². The molecule has 1 aromatic rings. The van der Waals surface area contributed by atoms with Gasteiger partial charge in [-0.3, -0.25) is 4.79 Å². The zero-order valence-electron chi connectivity index (χ0n) is 13.7. The molecule has 0 radical (unpaired) electrons. The average molecular weight is 320 g/mol. The third-order valence-electron chi connectivity index (χ3n) is 4.65. The topological polar surface area (TPSA) is 119 Å². The van der Waals surface area contributed by atoms with Gasteiger partial charge >= 0.3 is 6.03 Å². The third-order valence-corrected chi connectivity index (χ3v) is 4.65. The summed E-state index contributed by atoms with van der Waals surface area (Å²) in [6.45, 7) is 6.40. The van der Waals surface area contributed by atoms with Crippen molar-refractivity contribution in [1.29, 1.82) is 0 Å². The summed E-state index contributed by atoms with van der Waals surface area (Å²) in [4.78, 5) is 23.3. The lowest BCUT2D eigenvalue weighted by Gasteiger charge is -2.57. The Morgan fingerprint density at radius 3 is 2.17 bits per heavy atom. The molecule has 2 atom stereocenters. The number of hydrogen-bond acceptors (Lipinski definition) is 4. The van der Waals surface area contributed by atoms with E-state index in [0.717, 1.165) is 0 Å². The lowest BCUT2D eigenvalue weighted by Crippen LogP contribution is -2.74. The second-order valence-corrected chi connectivity index (χ2v) is 6.36. The lowest BCUT2D eigenvalue weighted by molar-refractivity contribution is -0.166. The van der Waals surface area contributed by atoms with E-state index in [9.17, 15) is 9.59 Å². The number of rotatable bonds is 5. The summed E-state index contributed by atoms with van der Waals surface area (Å²) in [5.41, 5.74) is 11.1. The number of nitrogens with one attached hydrogen (secondary N) is 2. The summed E-state index contributed by atoms with van der Waals surface area (Å²) in [5, 5.41) is 5.28. The molecule has 1 aliphatic carbocycles. The van der Waals surface area contributed by atoms with Crippen molar-refractivity contribution in [2.75, 3.05) is 17.2 Å². The summed E-state index contributed by atoms with van der Waals surface area (Å²) < 4.78 is 5.63. The van der Waals surface area contributed by atoms with Gasteiger partial charge in [0.2, 0.25) is 5.91 Å². The Kier molecular flexibility index (Phi) is 4.63. The summed E-state index contributed by atoms with van der Waals surface area (Å²) >= 11 is 0. The van der Waals surface area contributed by atoms with Crippen LogP contribution in [0, 0.1) is 5.41 Å². The highest BCUT2D eigenvalue weighted by Gasteiger charge is 2.62. The van der Waals surface area contributed by atoms with Crippen molar-refractivity contribution in [3.8, 4) is 0 Å². The number of carbonyl (C=O) groups excluding carboxylic acids is 2. The van der Waals surface area contributed by atoms with E-state index in [4.69, 9.17) is 16.2 Å². The zero-order chi connectivity index (χ0) is 17.3. The number of ether oxygens (including phenoxy) is 1. The van der Waals surface area contributed by atoms with Crippen LogP contribution in [0.4, 0.5) is 16.2 Å². The molecule has 6 N–H and O–H groups in total. The zero-order valence-corrected chi connectivity index (χ0v) is 13.7. The summed E-state index contributed by atoms with van der Waals surface area (Å²) in [5.74, 6) is -0.242. The van der Waals surface area contributed by atoms with Crippen LogP contribution in [0.2, 0.25) is 0 Å². The first-order valence-corrected chi connectivity index (χ1v) is 7.59. The molecule has 2 rings (SSSR count). The van der Waals surface area contributed by atoms with Crippen LogP contribution in [0.3, 0.4) is 0 Å². The molecule has 2 unspecified atom stereocenters. The number of anilines is 2. The lowest BCUT2D eigenvalue weighted by atomic mass is 9.54. The average Bonchev–Trinajstić information content (AvgIpc) is 2.48. The number of carbonyl (C=O) groups is 2. The van der Waals surface area contributed by atoms with Gasteiger partial charge in [-0.25, -0.2) is 4.79 Å². The fraction of sp³-hybridized carbons (Fsp3) is 0.500. The van der Waals surface area contributed by atoms with Crippen molar-refractivity contribution in [3.63, 3.8) is 0 Å². The number of nitrogens with two attached hydrogens (primary N) is 2. The number of hydrogen-bond donors (Lipinski definition) is 4. The van der Waals surface area contributed by atoms with Gasteiger partial charge < -0.3 is 26.8 Å². The second kappa shape index (κ2) is 6.17. The van der Waals surface area contributed by atoms with Crippen LogP contribution in [0.5, 0.6) is 0 Å². The number of benzene rings is 1. The number of amides is 3. The molecule has 0 bridgehead atoms. The highest BCUT2D eigenvalue weighted by Crippen LogP contribution is 2.50. The minimum absolute atomic E-state index is 0.0228. The standard InChI is InChI=1S/C16H24N4O3/c1-4-23-12-9-16(18,15(12,2)3)13(21)19-10-5-7-11(8-6-10)20-14(17)22/h5-8,12H,4,9,18H2,1-3H3,(H,19,21)(H3,17,20,22). The highest BCUT2D eigenvalue weighted by atomic mass is 16.5. The van der Waals surface area contributed by atoms with Gasteiger partial charge in [-0.15, -0.1) is 0 Å². The molecule has 0 heterocycles. The third kappa shape index (κ3) is 3.16. The van der Waals surface area contributed by atoms with Crippen molar-refractivity contribution >= 4 is 23.3 Å². The van der Waals surface area contributed by atoms with E-state index >= 15 is 0 Å². The van der Waals surface area contributed by atoms with Crippen molar-refractivity contribution in [2.24, 2.45) is 16.9 Å². The van der Waals surface area contributed by atoms with Gasteiger partial charge in [0.05, 0.1) is 6.10 Å². The molecule has 7 heteroatoms. The summed E-state index contributed by atoms with van der Waals surface area (Å²) in [6.07, 6.45) is 0.464. The van der Waals surface area contributed by atoms with E-state index in [2.05, 4.69) is 10.6 Å². The minimum Gasteiger partial charge on any atom is -0.378 e. The van der Waals surface area contributed by atoms with Crippen LogP contribution in [0.15, 0.2) is 24.3 Å². The molecule has 0 spiro atoms. The molecule has 1 aromatic carbocycles. The van der Waals surface area contributed by atoms with E-state index in [1.165, 1.54) is 0 Å². The van der Waals surface area contributed by atoms with Gasteiger partial charge in [0, 0.05) is 29.8 Å². The van der Waals surface area contributed by atoms with Crippen molar-refractivity contribution in [2.45, 2.75) is 38.8 Å². The normalized spacial score (nSPS) is 25.3. The number of urea groups is 1. The van der Waals surface area contributed by atoms with Gasteiger partial charge in [0.25, 0.3) is 0 Å². The maximum absolute atomic E-state index is 12.6. The largest absolute Gasteiger partial charge is 0.378 e. The first-order chi connectivity index (χ1) is 10.7. The fourth-order valence-corrected chi connectivity index (χ4v) is 2.84.